The molecule has 142 valence electrons. The van der Waals surface area contributed by atoms with Gasteiger partial charge in [-0.05, 0) is 23.6 Å². The van der Waals surface area contributed by atoms with Gasteiger partial charge in [0, 0.05) is 16.3 Å². The zero-order chi connectivity index (χ0) is 19.5. The summed E-state index contributed by atoms with van der Waals surface area (Å²) < 4.78 is 13.7. The Bertz CT molecular complexity index is 1100. The number of para-hydroxylation sites is 1. The van der Waals surface area contributed by atoms with Crippen molar-refractivity contribution in [3.8, 4) is 11.5 Å². The van der Waals surface area contributed by atoms with Crippen molar-refractivity contribution in [2.75, 3.05) is 19.5 Å². The molecule has 2 aromatic carbocycles. The lowest BCUT2D eigenvalue weighted by Crippen LogP contribution is -2.15. The number of carbonyl (C=O) groups is 1. The van der Waals surface area contributed by atoms with Crippen LogP contribution < -0.4 is 14.8 Å². The first-order chi connectivity index (χ1) is 13.7. The lowest BCUT2D eigenvalue weighted by atomic mass is 10.2. The third kappa shape index (κ3) is 3.44. The van der Waals surface area contributed by atoms with Crippen molar-refractivity contribution in [2.24, 2.45) is 0 Å². The van der Waals surface area contributed by atoms with Crippen molar-refractivity contribution >= 4 is 33.1 Å². The van der Waals surface area contributed by atoms with E-state index < -0.39 is 0 Å². The zero-order valence-corrected chi connectivity index (χ0v) is 16.3. The van der Waals surface area contributed by atoms with Crippen molar-refractivity contribution in [3.63, 3.8) is 0 Å². The minimum Gasteiger partial charge on any atom is -0.493 e. The molecule has 0 atom stereocenters. The molecule has 4 rings (SSSR count). The molecule has 0 unspecified atom stereocenters. The molecule has 0 aliphatic carbocycles. The molecule has 0 radical (unpaired) electrons. The Balaban J connectivity index is 1.57. The summed E-state index contributed by atoms with van der Waals surface area (Å²) in [6.45, 7) is 0.440. The van der Waals surface area contributed by atoms with Gasteiger partial charge in [-0.15, -0.1) is 11.3 Å². The molecule has 0 aliphatic rings. The molecule has 1 amide bonds. The minimum absolute atomic E-state index is 0.152. The third-order valence-corrected chi connectivity index (χ3v) is 5.53. The molecule has 0 spiro atoms. The molecule has 4 aromatic rings. The summed E-state index contributed by atoms with van der Waals surface area (Å²) in [6, 6.07) is 17.3. The number of nitrogens with one attached hydrogen (secondary N) is 1. The summed E-state index contributed by atoms with van der Waals surface area (Å²) in [7, 11) is 3.21. The molecular formula is C21H19N3O3S. The van der Waals surface area contributed by atoms with Crippen LogP contribution in [-0.2, 0) is 6.54 Å². The van der Waals surface area contributed by atoms with Gasteiger partial charge in [0.2, 0.25) is 0 Å². The highest BCUT2D eigenvalue weighted by molar-refractivity contribution is 7.20. The van der Waals surface area contributed by atoms with Crippen LogP contribution in [0.4, 0.5) is 5.82 Å². The van der Waals surface area contributed by atoms with Gasteiger partial charge in [0.25, 0.3) is 5.91 Å². The second-order valence-corrected chi connectivity index (χ2v) is 7.21. The van der Waals surface area contributed by atoms with Crippen LogP contribution in [-0.4, -0.2) is 29.9 Å². The Morgan fingerprint density at radius 3 is 2.75 bits per heavy atom. The van der Waals surface area contributed by atoms with Crippen molar-refractivity contribution in [1.82, 2.24) is 9.78 Å². The van der Waals surface area contributed by atoms with Gasteiger partial charge in [-0.2, -0.15) is 5.10 Å². The third-order valence-electron chi connectivity index (χ3n) is 4.41. The predicted octanol–water partition coefficient (Wildman–Crippen LogP) is 4.42. The van der Waals surface area contributed by atoms with Crippen molar-refractivity contribution in [3.05, 3.63) is 71.2 Å². The standard InChI is InChI=1S/C21H19N3O3S/c1-26-16-8-5-7-15(20(16)27-2)13-24-19(10-11-22-24)23-21(25)18-12-14-6-3-4-9-17(14)28-18/h3-12H,13H2,1-2H3,(H,23,25). The maximum Gasteiger partial charge on any atom is 0.266 e. The maximum atomic E-state index is 12.7. The maximum absolute atomic E-state index is 12.7. The minimum atomic E-state index is -0.152. The summed E-state index contributed by atoms with van der Waals surface area (Å²) in [5.41, 5.74) is 0.905. The average molecular weight is 393 g/mol. The van der Waals surface area contributed by atoms with Gasteiger partial charge in [0.15, 0.2) is 11.5 Å². The number of hydrogen-bond donors (Lipinski definition) is 1. The SMILES string of the molecule is COc1cccc(Cn2nccc2NC(=O)c2cc3ccccc3s2)c1OC. The first kappa shape index (κ1) is 18.1. The summed E-state index contributed by atoms with van der Waals surface area (Å²) in [5.74, 6) is 1.78. The number of amides is 1. The molecule has 2 heterocycles. The van der Waals surface area contributed by atoms with Crippen LogP contribution >= 0.6 is 11.3 Å². The van der Waals surface area contributed by atoms with E-state index in [0.29, 0.717) is 28.7 Å². The van der Waals surface area contributed by atoms with Crippen LogP contribution in [0.2, 0.25) is 0 Å². The molecule has 2 aromatic heterocycles. The zero-order valence-electron chi connectivity index (χ0n) is 15.5. The highest BCUT2D eigenvalue weighted by Crippen LogP contribution is 2.32. The van der Waals surface area contributed by atoms with E-state index in [-0.39, 0.29) is 5.91 Å². The van der Waals surface area contributed by atoms with Gasteiger partial charge >= 0.3 is 0 Å². The van der Waals surface area contributed by atoms with E-state index >= 15 is 0 Å². The van der Waals surface area contributed by atoms with Crippen LogP contribution in [0, 0.1) is 0 Å². The van der Waals surface area contributed by atoms with Crippen molar-refractivity contribution in [2.45, 2.75) is 6.54 Å². The molecule has 7 heteroatoms. The smallest absolute Gasteiger partial charge is 0.266 e. The number of aromatic nitrogens is 2. The van der Waals surface area contributed by atoms with Gasteiger partial charge in [-0.3, -0.25) is 4.79 Å². The van der Waals surface area contributed by atoms with Crippen LogP contribution in [0.25, 0.3) is 10.1 Å². The number of nitrogens with zero attached hydrogens (tertiary/aromatic N) is 2. The monoisotopic (exact) mass is 393 g/mol. The van der Waals surface area contributed by atoms with E-state index in [1.807, 2.05) is 48.5 Å². The Labute approximate surface area is 166 Å². The Hall–Kier alpha value is -3.32. The quantitative estimate of drug-likeness (QED) is 0.527. The molecule has 6 nitrogen and oxygen atoms in total. The van der Waals surface area contributed by atoms with E-state index in [4.69, 9.17) is 9.47 Å². The number of hydrogen-bond acceptors (Lipinski definition) is 5. The molecule has 28 heavy (non-hydrogen) atoms. The Morgan fingerprint density at radius 2 is 1.96 bits per heavy atom. The van der Waals surface area contributed by atoms with Gasteiger partial charge in [-0.1, -0.05) is 30.3 Å². The average Bonchev–Trinajstić information content (AvgIpc) is 3.34. The molecular weight excluding hydrogens is 374 g/mol. The Morgan fingerprint density at radius 1 is 1.11 bits per heavy atom. The number of fused-ring (bicyclic) bond motifs is 1. The normalized spacial score (nSPS) is 10.8. The fourth-order valence-corrected chi connectivity index (χ4v) is 4.03. The highest BCUT2D eigenvalue weighted by Gasteiger charge is 2.15. The predicted molar refractivity (Wildman–Crippen MR) is 111 cm³/mol. The number of thiophene rings is 1. The summed E-state index contributed by atoms with van der Waals surface area (Å²) >= 11 is 1.47. The largest absolute Gasteiger partial charge is 0.493 e. The number of anilines is 1. The first-order valence-corrected chi connectivity index (χ1v) is 9.53. The number of carbonyl (C=O) groups excluding carboxylic acids is 1. The lowest BCUT2D eigenvalue weighted by Gasteiger charge is -2.14. The fraction of sp³-hybridized carbons (Fsp3) is 0.143. The molecule has 0 saturated heterocycles. The molecule has 0 aliphatic heterocycles. The molecule has 0 fully saturated rings. The van der Waals surface area contributed by atoms with Crippen molar-refractivity contribution in [1.29, 1.82) is 0 Å². The Kier molecular flexibility index (Phi) is 4.99. The fourth-order valence-electron chi connectivity index (χ4n) is 3.08. The first-order valence-electron chi connectivity index (χ1n) is 8.71. The summed E-state index contributed by atoms with van der Waals surface area (Å²) in [5, 5.41) is 8.36. The van der Waals surface area contributed by atoms with E-state index in [0.717, 1.165) is 15.6 Å². The number of rotatable bonds is 6. The van der Waals surface area contributed by atoms with E-state index in [2.05, 4.69) is 10.4 Å². The molecule has 1 N–H and O–H groups in total. The second kappa shape index (κ2) is 7.74. The number of methoxy groups -OCH3 is 2. The highest BCUT2D eigenvalue weighted by atomic mass is 32.1. The van der Waals surface area contributed by atoms with Crippen molar-refractivity contribution < 1.29 is 14.3 Å². The van der Waals surface area contributed by atoms with Gasteiger partial charge in [0.1, 0.15) is 5.82 Å². The van der Waals surface area contributed by atoms with Crippen LogP contribution in [0.15, 0.2) is 60.8 Å². The van der Waals surface area contributed by atoms with Gasteiger partial charge in [0.05, 0.1) is 31.8 Å². The van der Waals surface area contributed by atoms with Crippen LogP contribution in [0.1, 0.15) is 15.2 Å². The van der Waals surface area contributed by atoms with Gasteiger partial charge in [-0.25, -0.2) is 4.68 Å². The molecule has 0 bridgehead atoms. The number of benzene rings is 2. The van der Waals surface area contributed by atoms with E-state index in [1.165, 1.54) is 11.3 Å². The lowest BCUT2D eigenvalue weighted by molar-refractivity contribution is 0.102. The van der Waals surface area contributed by atoms with E-state index in [1.54, 1.807) is 31.2 Å². The topological polar surface area (TPSA) is 65.4 Å². The van der Waals surface area contributed by atoms with E-state index in [9.17, 15) is 4.79 Å². The number of ether oxygens (including phenoxy) is 2. The van der Waals surface area contributed by atoms with Gasteiger partial charge < -0.3 is 14.8 Å². The second-order valence-electron chi connectivity index (χ2n) is 6.13. The summed E-state index contributed by atoms with van der Waals surface area (Å²) in [6.07, 6.45) is 1.66. The van der Waals surface area contributed by atoms with Crippen LogP contribution in [0.3, 0.4) is 0 Å². The van der Waals surface area contributed by atoms with Crippen LogP contribution in [0.5, 0.6) is 11.5 Å². The summed E-state index contributed by atoms with van der Waals surface area (Å²) in [4.78, 5) is 13.4. The molecule has 0 saturated carbocycles.